The van der Waals surface area contributed by atoms with Crippen LogP contribution in [0.3, 0.4) is 0 Å². The molecule has 21 heavy (non-hydrogen) atoms. The summed E-state index contributed by atoms with van der Waals surface area (Å²) in [7, 11) is 0. The lowest BCUT2D eigenvalue weighted by atomic mass is 10.1. The van der Waals surface area contributed by atoms with Gasteiger partial charge in [0.2, 0.25) is 5.91 Å². The van der Waals surface area contributed by atoms with Crippen molar-refractivity contribution in [2.45, 2.75) is 26.0 Å². The van der Waals surface area contributed by atoms with Crippen LogP contribution in [0.2, 0.25) is 5.02 Å². The summed E-state index contributed by atoms with van der Waals surface area (Å²) in [6.45, 7) is 3.98. The zero-order valence-electron chi connectivity index (χ0n) is 12.1. The van der Waals surface area contributed by atoms with Crippen LogP contribution in [0, 0.1) is 0 Å². The lowest BCUT2D eigenvalue weighted by Crippen LogP contribution is -2.54. The summed E-state index contributed by atoms with van der Waals surface area (Å²) in [5.74, 6) is -0.0552. The fourth-order valence-corrected chi connectivity index (χ4v) is 2.68. The minimum Gasteiger partial charge on any atom is -0.392 e. The number of carbonyl (C=O) groups is 1. The summed E-state index contributed by atoms with van der Waals surface area (Å²) < 4.78 is 5.44. The van der Waals surface area contributed by atoms with E-state index in [1.807, 2.05) is 24.0 Å². The molecular formula is C15H21ClN2O3. The van der Waals surface area contributed by atoms with Crippen molar-refractivity contribution >= 4 is 23.2 Å². The van der Waals surface area contributed by atoms with Crippen LogP contribution in [0.1, 0.15) is 18.9 Å². The predicted molar refractivity (Wildman–Crippen MR) is 82.6 cm³/mol. The SMILES string of the molecule is CCCNC(=O)C1COCCN1c1cccc(Cl)c1CO. The monoisotopic (exact) mass is 312 g/mol. The Bertz CT molecular complexity index is 496. The molecule has 1 fully saturated rings. The minimum absolute atomic E-state index is 0.0552. The molecule has 1 saturated heterocycles. The Hall–Kier alpha value is -1.30. The largest absolute Gasteiger partial charge is 0.392 e. The van der Waals surface area contributed by atoms with Crippen molar-refractivity contribution in [1.82, 2.24) is 5.32 Å². The molecule has 2 N–H and O–H groups in total. The fourth-order valence-electron chi connectivity index (χ4n) is 2.45. The number of aliphatic hydroxyl groups is 1. The Morgan fingerprint density at radius 1 is 1.57 bits per heavy atom. The number of amides is 1. The normalized spacial score (nSPS) is 18.6. The number of ether oxygens (including phenoxy) is 1. The zero-order chi connectivity index (χ0) is 15.2. The first kappa shape index (κ1) is 16.1. The van der Waals surface area contributed by atoms with Crippen LogP contribution in [0.5, 0.6) is 0 Å². The molecule has 5 nitrogen and oxygen atoms in total. The number of morpholine rings is 1. The Kier molecular flexibility index (Phi) is 5.85. The molecule has 1 unspecified atom stereocenters. The number of rotatable bonds is 5. The van der Waals surface area contributed by atoms with Crippen molar-refractivity contribution in [3.05, 3.63) is 28.8 Å². The van der Waals surface area contributed by atoms with Crippen LogP contribution in [0.4, 0.5) is 5.69 Å². The number of anilines is 1. The van der Waals surface area contributed by atoms with Gasteiger partial charge in [0.25, 0.3) is 0 Å². The van der Waals surface area contributed by atoms with Crippen LogP contribution >= 0.6 is 11.6 Å². The number of carbonyl (C=O) groups excluding carboxylic acids is 1. The van der Waals surface area contributed by atoms with E-state index >= 15 is 0 Å². The Morgan fingerprint density at radius 3 is 3.10 bits per heavy atom. The molecule has 0 bridgehead atoms. The molecule has 0 aliphatic carbocycles. The number of halogens is 1. The van der Waals surface area contributed by atoms with Crippen LogP contribution in [0.15, 0.2) is 18.2 Å². The average Bonchev–Trinajstić information content (AvgIpc) is 2.52. The summed E-state index contributed by atoms with van der Waals surface area (Å²) in [5.41, 5.74) is 1.44. The molecule has 0 saturated carbocycles. The summed E-state index contributed by atoms with van der Waals surface area (Å²) >= 11 is 6.14. The highest BCUT2D eigenvalue weighted by molar-refractivity contribution is 6.31. The third-order valence-electron chi connectivity index (χ3n) is 3.54. The molecule has 1 aliphatic rings. The maximum absolute atomic E-state index is 12.3. The molecule has 1 atom stereocenters. The lowest BCUT2D eigenvalue weighted by Gasteiger charge is -2.37. The second-order valence-electron chi connectivity index (χ2n) is 4.97. The smallest absolute Gasteiger partial charge is 0.245 e. The van der Waals surface area contributed by atoms with Gasteiger partial charge in [0.15, 0.2) is 0 Å². The van der Waals surface area contributed by atoms with Gasteiger partial charge < -0.3 is 20.1 Å². The predicted octanol–water partition coefficient (Wildman–Crippen LogP) is 1.56. The van der Waals surface area contributed by atoms with E-state index in [0.717, 1.165) is 12.1 Å². The van der Waals surface area contributed by atoms with E-state index in [0.29, 0.717) is 36.9 Å². The van der Waals surface area contributed by atoms with Gasteiger partial charge in [-0.2, -0.15) is 0 Å². The topological polar surface area (TPSA) is 61.8 Å². The minimum atomic E-state index is -0.394. The number of nitrogens with one attached hydrogen (secondary N) is 1. The van der Waals surface area contributed by atoms with Gasteiger partial charge in [-0.25, -0.2) is 0 Å². The average molecular weight is 313 g/mol. The van der Waals surface area contributed by atoms with Crippen molar-refractivity contribution < 1.29 is 14.6 Å². The first-order valence-electron chi connectivity index (χ1n) is 7.19. The van der Waals surface area contributed by atoms with Gasteiger partial charge in [-0.05, 0) is 18.6 Å². The Balaban J connectivity index is 2.26. The van der Waals surface area contributed by atoms with Crippen LogP contribution in [0.25, 0.3) is 0 Å². The Labute approximate surface area is 129 Å². The summed E-state index contributed by atoms with van der Waals surface area (Å²) in [6, 6.07) is 5.05. The Morgan fingerprint density at radius 2 is 2.38 bits per heavy atom. The molecule has 6 heteroatoms. The van der Waals surface area contributed by atoms with Crippen LogP contribution < -0.4 is 10.2 Å². The zero-order valence-corrected chi connectivity index (χ0v) is 12.9. The van der Waals surface area contributed by atoms with Gasteiger partial charge in [-0.1, -0.05) is 24.6 Å². The van der Waals surface area contributed by atoms with Crippen molar-refractivity contribution in [2.24, 2.45) is 0 Å². The molecule has 1 aromatic rings. The van der Waals surface area contributed by atoms with Gasteiger partial charge in [0.05, 0.1) is 19.8 Å². The molecule has 2 rings (SSSR count). The number of nitrogens with zero attached hydrogens (tertiary/aromatic N) is 1. The van der Waals surface area contributed by atoms with Crippen molar-refractivity contribution in [1.29, 1.82) is 0 Å². The number of aliphatic hydroxyl groups excluding tert-OH is 1. The highest BCUT2D eigenvalue weighted by Gasteiger charge is 2.30. The standard InChI is InChI=1S/C15H21ClN2O3/c1-2-6-17-15(20)14-10-21-8-7-18(14)13-5-3-4-12(16)11(13)9-19/h3-5,14,19H,2,6-10H2,1H3,(H,17,20). The van der Waals surface area contributed by atoms with Gasteiger partial charge >= 0.3 is 0 Å². The van der Waals surface area contributed by atoms with Crippen molar-refractivity contribution in [3.8, 4) is 0 Å². The molecule has 1 amide bonds. The van der Waals surface area contributed by atoms with E-state index in [1.165, 1.54) is 0 Å². The molecule has 1 heterocycles. The van der Waals surface area contributed by atoms with Gasteiger partial charge in [0, 0.05) is 29.4 Å². The first-order valence-corrected chi connectivity index (χ1v) is 7.57. The highest BCUT2D eigenvalue weighted by atomic mass is 35.5. The third-order valence-corrected chi connectivity index (χ3v) is 3.90. The molecular weight excluding hydrogens is 292 g/mol. The van der Waals surface area contributed by atoms with Crippen molar-refractivity contribution in [2.75, 3.05) is 31.2 Å². The lowest BCUT2D eigenvalue weighted by molar-refractivity contribution is -0.124. The van der Waals surface area contributed by atoms with E-state index in [9.17, 15) is 9.90 Å². The second kappa shape index (κ2) is 7.64. The molecule has 0 radical (unpaired) electrons. The van der Waals surface area contributed by atoms with Gasteiger partial charge in [0.1, 0.15) is 6.04 Å². The van der Waals surface area contributed by atoms with E-state index in [2.05, 4.69) is 5.32 Å². The highest BCUT2D eigenvalue weighted by Crippen LogP contribution is 2.30. The summed E-state index contributed by atoms with van der Waals surface area (Å²) in [6.07, 6.45) is 0.887. The fraction of sp³-hybridized carbons (Fsp3) is 0.533. The molecule has 1 aliphatic heterocycles. The van der Waals surface area contributed by atoms with Gasteiger partial charge in [-0.15, -0.1) is 0 Å². The van der Waals surface area contributed by atoms with E-state index < -0.39 is 6.04 Å². The number of hydrogen-bond acceptors (Lipinski definition) is 4. The molecule has 116 valence electrons. The third kappa shape index (κ3) is 3.67. The van der Waals surface area contributed by atoms with E-state index in [-0.39, 0.29) is 12.5 Å². The number of hydrogen-bond donors (Lipinski definition) is 2. The van der Waals surface area contributed by atoms with Crippen molar-refractivity contribution in [3.63, 3.8) is 0 Å². The summed E-state index contributed by atoms with van der Waals surface area (Å²) in [4.78, 5) is 14.3. The maximum Gasteiger partial charge on any atom is 0.245 e. The summed E-state index contributed by atoms with van der Waals surface area (Å²) in [5, 5.41) is 13.0. The second-order valence-corrected chi connectivity index (χ2v) is 5.38. The molecule has 0 aromatic heterocycles. The van der Waals surface area contributed by atoms with E-state index in [4.69, 9.17) is 16.3 Å². The quantitative estimate of drug-likeness (QED) is 0.866. The first-order chi connectivity index (χ1) is 10.2. The molecule has 1 aromatic carbocycles. The van der Waals surface area contributed by atoms with Gasteiger partial charge in [-0.3, -0.25) is 4.79 Å². The maximum atomic E-state index is 12.3. The van der Waals surface area contributed by atoms with Crippen LogP contribution in [-0.4, -0.2) is 43.4 Å². The number of benzene rings is 1. The van der Waals surface area contributed by atoms with E-state index in [1.54, 1.807) is 6.07 Å². The van der Waals surface area contributed by atoms with Crippen LogP contribution in [-0.2, 0) is 16.1 Å². The molecule has 0 spiro atoms.